The first-order valence-corrected chi connectivity index (χ1v) is 17.2. The Hall–Kier alpha value is -3.42. The number of aromatic nitrogens is 3. The molecule has 2 aromatic heterocycles. The van der Waals surface area contributed by atoms with Gasteiger partial charge in [0.25, 0.3) is 0 Å². The Morgan fingerprint density at radius 2 is 1.63 bits per heavy atom. The maximum absolute atomic E-state index is 8.12. The fourth-order valence-corrected chi connectivity index (χ4v) is 6.23. The first-order chi connectivity index (χ1) is 22.6. The quantitative estimate of drug-likeness (QED) is 0.298. The van der Waals surface area contributed by atoms with Crippen molar-refractivity contribution in [3.8, 4) is 11.1 Å². The van der Waals surface area contributed by atoms with Gasteiger partial charge in [0.2, 0.25) is 5.95 Å². The molecule has 12 nitrogen and oxygen atoms in total. The van der Waals surface area contributed by atoms with Gasteiger partial charge in [0.05, 0.1) is 0 Å². The van der Waals surface area contributed by atoms with Crippen molar-refractivity contribution in [2.24, 2.45) is 5.14 Å². The van der Waals surface area contributed by atoms with E-state index in [4.69, 9.17) is 24.7 Å². The average Bonchev–Trinajstić information content (AvgIpc) is 3.50. The van der Waals surface area contributed by atoms with E-state index in [2.05, 4.69) is 65.4 Å². The second-order valence-electron chi connectivity index (χ2n) is 10.7. The fraction of sp³-hybridized carbons (Fsp3) is 0.515. The summed E-state index contributed by atoms with van der Waals surface area (Å²) in [5, 5.41) is 12.9. The SMILES string of the molecule is CC.CC.NSNC1CC2CCNCCN3CCN(CC3)Cc3cccc(c3)Nc3cc(ccn3)-c3cnc(nc3)N2C1.O=C=O. The molecular formula is C33H50N10O2S. The Kier molecular flexibility index (Phi) is 16.6. The second-order valence-corrected chi connectivity index (χ2v) is 11.2. The lowest BCUT2D eigenvalue weighted by atomic mass is 10.1. The molecule has 0 aliphatic carbocycles. The van der Waals surface area contributed by atoms with Crippen LogP contribution in [0.2, 0.25) is 0 Å². The van der Waals surface area contributed by atoms with Gasteiger partial charge in [0, 0.05) is 106 Å². The summed E-state index contributed by atoms with van der Waals surface area (Å²) < 4.78 is 3.34. The molecule has 3 aromatic rings. The molecule has 0 saturated carbocycles. The van der Waals surface area contributed by atoms with Crippen LogP contribution in [-0.4, -0.2) is 95.3 Å². The molecule has 46 heavy (non-hydrogen) atoms. The van der Waals surface area contributed by atoms with Gasteiger partial charge in [-0.25, -0.2) is 19.7 Å². The molecule has 8 bridgehead atoms. The van der Waals surface area contributed by atoms with E-state index in [1.165, 1.54) is 17.7 Å². The molecule has 13 heteroatoms. The normalized spacial score (nSPS) is 22.2. The van der Waals surface area contributed by atoms with Gasteiger partial charge < -0.3 is 15.5 Å². The Morgan fingerprint density at radius 3 is 2.35 bits per heavy atom. The molecule has 8 heterocycles. The number of hydrogen-bond donors (Lipinski definition) is 4. The van der Waals surface area contributed by atoms with E-state index >= 15 is 0 Å². The number of anilines is 3. The van der Waals surface area contributed by atoms with E-state index in [-0.39, 0.29) is 6.15 Å². The first kappa shape index (κ1) is 37.0. The van der Waals surface area contributed by atoms with Gasteiger partial charge in [0.15, 0.2) is 0 Å². The van der Waals surface area contributed by atoms with Crippen molar-refractivity contribution in [3.05, 3.63) is 60.6 Å². The number of benzene rings is 1. The molecule has 0 spiro atoms. The van der Waals surface area contributed by atoms with Crippen molar-refractivity contribution in [2.75, 3.05) is 62.6 Å². The zero-order valence-corrected chi connectivity index (χ0v) is 28.4. The number of rotatable bonds is 2. The molecule has 0 radical (unpaired) electrons. The second kappa shape index (κ2) is 20.7. The Bertz CT molecular complexity index is 1320. The van der Waals surface area contributed by atoms with Gasteiger partial charge in [0.1, 0.15) is 5.82 Å². The third-order valence-corrected chi connectivity index (χ3v) is 8.44. The molecule has 6 aliphatic rings. The van der Waals surface area contributed by atoms with Crippen molar-refractivity contribution >= 4 is 35.7 Å². The molecule has 0 amide bonds. The molecule has 5 N–H and O–H groups in total. The molecule has 2 atom stereocenters. The number of carbonyl (C=O) groups excluding carboxylic acids is 2. The summed E-state index contributed by atoms with van der Waals surface area (Å²) in [7, 11) is 0. The summed E-state index contributed by atoms with van der Waals surface area (Å²) in [6.45, 7) is 17.3. The van der Waals surface area contributed by atoms with Crippen LogP contribution in [0.1, 0.15) is 46.1 Å². The van der Waals surface area contributed by atoms with E-state index in [1.807, 2.05) is 52.4 Å². The molecule has 9 rings (SSSR count). The third kappa shape index (κ3) is 11.1. The van der Waals surface area contributed by atoms with Gasteiger partial charge in [-0.3, -0.25) is 14.9 Å². The fourth-order valence-electron chi connectivity index (χ4n) is 5.87. The van der Waals surface area contributed by atoms with Crippen LogP contribution in [0.25, 0.3) is 11.1 Å². The van der Waals surface area contributed by atoms with E-state index in [9.17, 15) is 0 Å². The topological polar surface area (TPSA) is 145 Å². The largest absolute Gasteiger partial charge is 0.373 e. The van der Waals surface area contributed by atoms with Crippen molar-refractivity contribution in [1.29, 1.82) is 0 Å². The van der Waals surface area contributed by atoms with E-state index in [0.29, 0.717) is 12.1 Å². The lowest BCUT2D eigenvalue weighted by Gasteiger charge is -2.34. The average molecular weight is 651 g/mol. The summed E-state index contributed by atoms with van der Waals surface area (Å²) in [6, 6.07) is 13.4. The number of nitrogens with one attached hydrogen (secondary N) is 3. The van der Waals surface area contributed by atoms with E-state index in [1.54, 1.807) is 0 Å². The first-order valence-electron chi connectivity index (χ1n) is 16.3. The Labute approximate surface area is 278 Å². The molecule has 2 saturated heterocycles. The van der Waals surface area contributed by atoms with E-state index < -0.39 is 0 Å². The van der Waals surface area contributed by atoms with Crippen LogP contribution in [0, 0.1) is 0 Å². The smallest absolute Gasteiger partial charge is 0.340 e. The van der Waals surface area contributed by atoms with Gasteiger partial charge in [-0.05, 0) is 54.8 Å². The van der Waals surface area contributed by atoms with Crippen molar-refractivity contribution in [2.45, 2.75) is 59.2 Å². The molecule has 6 aliphatic heterocycles. The summed E-state index contributed by atoms with van der Waals surface area (Å²) in [6.07, 6.45) is 8.00. The van der Waals surface area contributed by atoms with Gasteiger partial charge in [-0.15, -0.1) is 0 Å². The predicted molar refractivity (Wildman–Crippen MR) is 186 cm³/mol. The molecule has 250 valence electrons. The predicted octanol–water partition coefficient (Wildman–Crippen LogP) is 3.92. The standard InChI is InChI=1S/C28H38N10S.2C2H6.CO2/c29-39-35-25-16-26-5-6-30-8-9-36-10-12-37(13-11-36)19-21-2-1-3-24(14-21)34-27-15-22(4-7-31-27)23-17-32-28(33-18-23)38(26)20-25;2*1-2;2-1-3/h1-4,7,14-15,17-18,25-26,30,35H,5-6,8-13,16,19-20,29H2,(H,31,34);2*1-2H3;. The van der Waals surface area contributed by atoms with Crippen molar-refractivity contribution in [3.63, 3.8) is 0 Å². The maximum Gasteiger partial charge on any atom is 0.373 e. The number of hydrogen-bond acceptors (Lipinski definition) is 13. The summed E-state index contributed by atoms with van der Waals surface area (Å²) in [5.41, 5.74) is 4.37. The van der Waals surface area contributed by atoms with Crippen LogP contribution < -0.4 is 25.4 Å². The highest BCUT2D eigenvalue weighted by Gasteiger charge is 2.33. The highest BCUT2D eigenvalue weighted by Crippen LogP contribution is 2.28. The minimum atomic E-state index is 0.250. The zero-order valence-electron chi connectivity index (χ0n) is 27.6. The van der Waals surface area contributed by atoms with Gasteiger partial charge in [-0.2, -0.15) is 9.59 Å². The summed E-state index contributed by atoms with van der Waals surface area (Å²) in [4.78, 5) is 37.9. The molecule has 2 fully saturated rings. The number of piperazine rings is 1. The van der Waals surface area contributed by atoms with Crippen molar-refractivity contribution < 1.29 is 9.59 Å². The Morgan fingerprint density at radius 1 is 0.913 bits per heavy atom. The van der Waals surface area contributed by atoms with Crippen LogP contribution in [0.4, 0.5) is 17.5 Å². The lowest BCUT2D eigenvalue weighted by molar-refractivity contribution is -0.191. The summed E-state index contributed by atoms with van der Waals surface area (Å²) >= 11 is 1.20. The number of nitrogens with two attached hydrogens (primary N) is 1. The number of pyridine rings is 1. The third-order valence-electron chi connectivity index (χ3n) is 7.97. The zero-order chi connectivity index (χ0) is 33.1. The van der Waals surface area contributed by atoms with Crippen LogP contribution >= 0.6 is 12.1 Å². The minimum Gasteiger partial charge on any atom is -0.340 e. The van der Waals surface area contributed by atoms with Crippen LogP contribution in [-0.2, 0) is 16.1 Å². The molecular weight excluding hydrogens is 600 g/mol. The Balaban J connectivity index is 0.000000765. The van der Waals surface area contributed by atoms with Gasteiger partial charge in [-0.1, -0.05) is 39.8 Å². The summed E-state index contributed by atoms with van der Waals surface area (Å²) in [5.74, 6) is 1.58. The highest BCUT2D eigenvalue weighted by molar-refractivity contribution is 7.95. The number of nitrogens with zero attached hydrogens (tertiary/aromatic N) is 6. The van der Waals surface area contributed by atoms with Crippen LogP contribution in [0.3, 0.4) is 0 Å². The molecule has 1 aromatic carbocycles. The minimum absolute atomic E-state index is 0.250. The molecule has 2 unspecified atom stereocenters. The van der Waals surface area contributed by atoms with Gasteiger partial charge >= 0.3 is 6.15 Å². The van der Waals surface area contributed by atoms with E-state index in [0.717, 1.165) is 100 Å². The highest BCUT2D eigenvalue weighted by atomic mass is 32.2. The lowest BCUT2D eigenvalue weighted by Crippen LogP contribution is -2.47. The van der Waals surface area contributed by atoms with Crippen LogP contribution in [0.15, 0.2) is 55.0 Å². The maximum atomic E-state index is 8.12. The monoisotopic (exact) mass is 650 g/mol. The van der Waals surface area contributed by atoms with Crippen molar-refractivity contribution in [1.82, 2.24) is 34.8 Å². The van der Waals surface area contributed by atoms with Crippen LogP contribution in [0.5, 0.6) is 0 Å².